The zero-order valence-electron chi connectivity index (χ0n) is 10.0. The van der Waals surface area contributed by atoms with Crippen LogP contribution in [0.5, 0.6) is 0 Å². The van der Waals surface area contributed by atoms with Gasteiger partial charge < -0.3 is 10.1 Å². The summed E-state index contributed by atoms with van der Waals surface area (Å²) in [6.45, 7) is 2.75. The molecule has 3 heteroatoms. The summed E-state index contributed by atoms with van der Waals surface area (Å²) in [4.78, 5) is 0. The molecule has 2 nitrogen and oxygen atoms in total. The highest BCUT2D eigenvalue weighted by Gasteiger charge is 2.09. The van der Waals surface area contributed by atoms with Gasteiger partial charge >= 0.3 is 0 Å². The van der Waals surface area contributed by atoms with Gasteiger partial charge in [0.05, 0.1) is 12.3 Å². The molecule has 1 aromatic carbocycles. The molecule has 0 aromatic heterocycles. The van der Waals surface area contributed by atoms with E-state index in [9.17, 15) is 4.39 Å². The van der Waals surface area contributed by atoms with Crippen LogP contribution in [0.4, 0.5) is 10.1 Å². The van der Waals surface area contributed by atoms with Gasteiger partial charge in [-0.15, -0.1) is 0 Å². The van der Waals surface area contributed by atoms with Gasteiger partial charge in [-0.2, -0.15) is 0 Å². The molecule has 0 bridgehead atoms. The molecule has 16 heavy (non-hydrogen) atoms. The minimum atomic E-state index is -0.208. The molecule has 0 spiro atoms. The molecular formula is C13H20FNO. The highest BCUT2D eigenvalue weighted by molar-refractivity contribution is 5.45. The molecule has 1 N–H and O–H groups in total. The third-order valence-electron chi connectivity index (χ3n) is 2.51. The number of hydrogen-bond acceptors (Lipinski definition) is 2. The lowest BCUT2D eigenvalue weighted by Gasteiger charge is -2.19. The van der Waals surface area contributed by atoms with Crippen LogP contribution < -0.4 is 5.32 Å². The predicted molar refractivity (Wildman–Crippen MR) is 65.2 cm³/mol. The Bertz CT molecular complexity index is 304. The summed E-state index contributed by atoms with van der Waals surface area (Å²) in [5, 5.41) is 3.18. The molecule has 0 saturated heterocycles. The zero-order valence-corrected chi connectivity index (χ0v) is 10.0. The van der Waals surface area contributed by atoms with Crippen LogP contribution in [0, 0.1) is 5.82 Å². The fraction of sp³-hybridized carbons (Fsp3) is 0.538. The minimum Gasteiger partial charge on any atom is -0.383 e. The number of ether oxygens (including phenoxy) is 1. The van der Waals surface area contributed by atoms with Crippen LogP contribution in [0.15, 0.2) is 24.3 Å². The Hall–Kier alpha value is -1.09. The van der Waals surface area contributed by atoms with Crippen molar-refractivity contribution in [2.75, 3.05) is 19.0 Å². The lowest BCUT2D eigenvalue weighted by Crippen LogP contribution is -2.25. The first-order valence-electron chi connectivity index (χ1n) is 5.78. The SMILES string of the molecule is CCCCC(COC)Nc1ccccc1F. The Morgan fingerprint density at radius 2 is 2.12 bits per heavy atom. The number of para-hydroxylation sites is 1. The molecule has 1 aromatic rings. The Balaban J connectivity index is 2.56. The third-order valence-corrected chi connectivity index (χ3v) is 2.51. The Labute approximate surface area is 96.8 Å². The van der Waals surface area contributed by atoms with Crippen LogP contribution in [-0.2, 0) is 4.74 Å². The van der Waals surface area contributed by atoms with E-state index in [1.54, 1.807) is 19.2 Å². The second-order valence-electron chi connectivity index (χ2n) is 3.92. The molecule has 1 rings (SSSR count). The van der Waals surface area contributed by atoms with Crippen LogP contribution in [0.3, 0.4) is 0 Å². The van der Waals surface area contributed by atoms with Gasteiger partial charge in [0.25, 0.3) is 0 Å². The second kappa shape index (κ2) is 7.23. The van der Waals surface area contributed by atoms with Gasteiger partial charge in [-0.05, 0) is 18.6 Å². The first kappa shape index (κ1) is 13.0. The van der Waals surface area contributed by atoms with Gasteiger partial charge in [0, 0.05) is 13.2 Å². The van der Waals surface area contributed by atoms with Crippen molar-refractivity contribution in [1.29, 1.82) is 0 Å². The molecule has 1 unspecified atom stereocenters. The van der Waals surface area contributed by atoms with Crippen molar-refractivity contribution in [3.05, 3.63) is 30.1 Å². The van der Waals surface area contributed by atoms with Gasteiger partial charge in [-0.1, -0.05) is 31.9 Å². The first-order chi connectivity index (χ1) is 7.77. The maximum Gasteiger partial charge on any atom is 0.146 e. The van der Waals surface area contributed by atoms with Crippen molar-refractivity contribution >= 4 is 5.69 Å². The Kier molecular flexibility index (Phi) is 5.86. The summed E-state index contributed by atoms with van der Waals surface area (Å²) < 4.78 is 18.5. The smallest absolute Gasteiger partial charge is 0.146 e. The van der Waals surface area contributed by atoms with Crippen molar-refractivity contribution in [2.24, 2.45) is 0 Å². The molecule has 0 aliphatic carbocycles. The Morgan fingerprint density at radius 3 is 2.75 bits per heavy atom. The molecule has 0 fully saturated rings. The van der Waals surface area contributed by atoms with Gasteiger partial charge in [0.1, 0.15) is 5.82 Å². The van der Waals surface area contributed by atoms with E-state index in [-0.39, 0.29) is 11.9 Å². The molecule has 90 valence electrons. The lowest BCUT2D eigenvalue weighted by atomic mass is 10.1. The van der Waals surface area contributed by atoms with E-state index in [4.69, 9.17) is 4.74 Å². The molecule has 0 aliphatic heterocycles. The molecule has 0 amide bonds. The van der Waals surface area contributed by atoms with Crippen molar-refractivity contribution in [1.82, 2.24) is 0 Å². The monoisotopic (exact) mass is 225 g/mol. The average Bonchev–Trinajstić information content (AvgIpc) is 2.29. The van der Waals surface area contributed by atoms with Crippen LogP contribution >= 0.6 is 0 Å². The van der Waals surface area contributed by atoms with Crippen LogP contribution in [0.1, 0.15) is 26.2 Å². The number of rotatable bonds is 7. The Morgan fingerprint density at radius 1 is 1.38 bits per heavy atom. The summed E-state index contributed by atoms with van der Waals surface area (Å²) in [7, 11) is 1.67. The summed E-state index contributed by atoms with van der Waals surface area (Å²) >= 11 is 0. The quantitative estimate of drug-likeness (QED) is 0.767. The summed E-state index contributed by atoms with van der Waals surface area (Å²) in [5.74, 6) is -0.208. The molecule has 0 heterocycles. The fourth-order valence-corrected chi connectivity index (χ4v) is 1.65. The molecule has 0 radical (unpaired) electrons. The minimum absolute atomic E-state index is 0.182. The number of halogens is 1. The topological polar surface area (TPSA) is 21.3 Å². The van der Waals surface area contributed by atoms with Crippen molar-refractivity contribution < 1.29 is 9.13 Å². The van der Waals surface area contributed by atoms with Gasteiger partial charge in [-0.3, -0.25) is 0 Å². The number of anilines is 1. The maximum atomic E-state index is 13.4. The van der Waals surface area contributed by atoms with Crippen molar-refractivity contribution in [3.63, 3.8) is 0 Å². The molecular weight excluding hydrogens is 205 g/mol. The van der Waals surface area contributed by atoms with E-state index in [1.165, 1.54) is 6.07 Å². The average molecular weight is 225 g/mol. The lowest BCUT2D eigenvalue weighted by molar-refractivity contribution is 0.182. The van der Waals surface area contributed by atoms with Crippen LogP contribution in [0.2, 0.25) is 0 Å². The van der Waals surface area contributed by atoms with Gasteiger partial charge in [0.15, 0.2) is 0 Å². The van der Waals surface area contributed by atoms with Crippen molar-refractivity contribution in [3.8, 4) is 0 Å². The first-order valence-corrected chi connectivity index (χ1v) is 5.78. The normalized spacial score (nSPS) is 12.4. The van der Waals surface area contributed by atoms with E-state index in [1.807, 2.05) is 6.07 Å². The molecule has 0 aliphatic rings. The number of hydrogen-bond donors (Lipinski definition) is 1. The summed E-state index contributed by atoms with van der Waals surface area (Å²) in [5.41, 5.74) is 0.556. The number of methoxy groups -OCH3 is 1. The second-order valence-corrected chi connectivity index (χ2v) is 3.92. The van der Waals surface area contributed by atoms with E-state index in [0.29, 0.717) is 12.3 Å². The van der Waals surface area contributed by atoms with E-state index >= 15 is 0 Å². The van der Waals surface area contributed by atoms with Gasteiger partial charge in [0.2, 0.25) is 0 Å². The standard InChI is InChI=1S/C13H20FNO/c1-3-4-7-11(10-16-2)15-13-9-6-5-8-12(13)14/h5-6,8-9,11,15H,3-4,7,10H2,1-2H3. The summed E-state index contributed by atoms with van der Waals surface area (Å²) in [6.07, 6.45) is 3.26. The summed E-state index contributed by atoms with van der Waals surface area (Å²) in [6, 6.07) is 6.92. The highest BCUT2D eigenvalue weighted by Crippen LogP contribution is 2.15. The molecule has 0 saturated carbocycles. The van der Waals surface area contributed by atoms with E-state index < -0.39 is 0 Å². The van der Waals surface area contributed by atoms with E-state index in [2.05, 4.69) is 12.2 Å². The van der Waals surface area contributed by atoms with E-state index in [0.717, 1.165) is 19.3 Å². The number of unbranched alkanes of at least 4 members (excludes halogenated alkanes) is 1. The largest absolute Gasteiger partial charge is 0.383 e. The zero-order chi connectivity index (χ0) is 11.8. The van der Waals surface area contributed by atoms with Crippen LogP contribution in [0.25, 0.3) is 0 Å². The van der Waals surface area contributed by atoms with Gasteiger partial charge in [-0.25, -0.2) is 4.39 Å². The molecule has 1 atom stereocenters. The maximum absolute atomic E-state index is 13.4. The predicted octanol–water partition coefficient (Wildman–Crippen LogP) is 3.44. The number of benzene rings is 1. The number of nitrogens with one attached hydrogen (secondary N) is 1. The highest BCUT2D eigenvalue weighted by atomic mass is 19.1. The van der Waals surface area contributed by atoms with Crippen LogP contribution in [-0.4, -0.2) is 19.8 Å². The van der Waals surface area contributed by atoms with Crippen molar-refractivity contribution in [2.45, 2.75) is 32.2 Å². The third kappa shape index (κ3) is 4.19. The fourth-order valence-electron chi connectivity index (χ4n) is 1.65.